The molecule has 1 aromatic carbocycles. The van der Waals surface area contributed by atoms with E-state index in [1.807, 2.05) is 30.5 Å². The summed E-state index contributed by atoms with van der Waals surface area (Å²) >= 11 is 1.64. The normalized spacial score (nSPS) is 16.9. The van der Waals surface area contributed by atoms with Gasteiger partial charge in [0.15, 0.2) is 11.5 Å². The van der Waals surface area contributed by atoms with Gasteiger partial charge in [-0.3, -0.25) is 4.79 Å². The lowest BCUT2D eigenvalue weighted by Crippen LogP contribution is -2.35. The Balaban J connectivity index is 2.05. The predicted octanol–water partition coefficient (Wildman–Crippen LogP) is 1.63. The Labute approximate surface area is 120 Å². The summed E-state index contributed by atoms with van der Waals surface area (Å²) in [5.74, 6) is 1.05. The summed E-state index contributed by atoms with van der Waals surface area (Å²) in [6.45, 7) is 0.493. The highest BCUT2D eigenvalue weighted by Crippen LogP contribution is 2.28. The molecule has 0 radical (unpaired) electrons. The van der Waals surface area contributed by atoms with E-state index in [0.717, 1.165) is 10.5 Å². The molecule has 0 saturated heterocycles. The highest BCUT2D eigenvalue weighted by atomic mass is 32.2. The number of amidine groups is 1. The topological polar surface area (TPSA) is 63.0 Å². The number of carbonyl (C=O) groups excluding carboxylic acids is 1. The first-order chi connectivity index (χ1) is 9.72. The molecule has 1 amide bonds. The second-order valence-electron chi connectivity index (χ2n) is 4.26. The molecule has 6 heteroatoms. The van der Waals surface area contributed by atoms with Crippen molar-refractivity contribution in [3.05, 3.63) is 35.5 Å². The quantitative estimate of drug-likeness (QED) is 0.859. The lowest BCUT2D eigenvalue weighted by molar-refractivity contribution is -0.114. The number of aliphatic imine (C=N–C) groups is 2. The molecule has 0 aliphatic carbocycles. The molecule has 20 heavy (non-hydrogen) atoms. The molecular weight excluding hydrogens is 274 g/mol. The molecule has 0 aromatic heterocycles. The molecular formula is C14H13N3O2S. The van der Waals surface area contributed by atoms with Gasteiger partial charge in [-0.2, -0.15) is 0 Å². The van der Waals surface area contributed by atoms with Gasteiger partial charge in [0, 0.05) is 11.4 Å². The Morgan fingerprint density at radius 2 is 2.20 bits per heavy atom. The fourth-order valence-electron chi connectivity index (χ4n) is 2.09. The van der Waals surface area contributed by atoms with Crippen molar-refractivity contribution in [2.45, 2.75) is 4.90 Å². The van der Waals surface area contributed by atoms with Crippen LogP contribution in [0.1, 0.15) is 5.56 Å². The summed E-state index contributed by atoms with van der Waals surface area (Å²) in [5.41, 5.74) is 1.81. The zero-order chi connectivity index (χ0) is 14.1. The van der Waals surface area contributed by atoms with Gasteiger partial charge < -0.3 is 10.1 Å². The molecule has 5 nitrogen and oxygen atoms in total. The van der Waals surface area contributed by atoms with Crippen molar-refractivity contribution in [3.8, 4) is 5.75 Å². The average molecular weight is 287 g/mol. The maximum atomic E-state index is 11.7. The van der Waals surface area contributed by atoms with Crippen LogP contribution in [0.15, 0.2) is 44.9 Å². The van der Waals surface area contributed by atoms with Crippen molar-refractivity contribution in [2.24, 2.45) is 9.98 Å². The van der Waals surface area contributed by atoms with E-state index in [2.05, 4.69) is 15.3 Å². The van der Waals surface area contributed by atoms with Crippen LogP contribution in [0.2, 0.25) is 0 Å². The maximum absolute atomic E-state index is 11.7. The van der Waals surface area contributed by atoms with E-state index in [1.54, 1.807) is 18.9 Å². The van der Waals surface area contributed by atoms with E-state index in [4.69, 9.17) is 4.74 Å². The monoisotopic (exact) mass is 287 g/mol. The molecule has 0 bridgehead atoms. The van der Waals surface area contributed by atoms with Gasteiger partial charge >= 0.3 is 0 Å². The van der Waals surface area contributed by atoms with Crippen molar-refractivity contribution in [3.63, 3.8) is 0 Å². The van der Waals surface area contributed by atoms with E-state index in [9.17, 15) is 4.79 Å². The van der Waals surface area contributed by atoms with Gasteiger partial charge in [0.25, 0.3) is 5.91 Å². The fraction of sp³-hybridized carbons (Fsp3) is 0.214. The summed E-state index contributed by atoms with van der Waals surface area (Å²) in [6, 6.07) is 5.85. The van der Waals surface area contributed by atoms with E-state index < -0.39 is 0 Å². The summed E-state index contributed by atoms with van der Waals surface area (Å²) < 4.78 is 5.40. The number of nitrogens with zero attached hydrogens (tertiary/aromatic N) is 2. The number of hydrogen-bond acceptors (Lipinski definition) is 5. The Morgan fingerprint density at radius 1 is 1.35 bits per heavy atom. The van der Waals surface area contributed by atoms with Crippen molar-refractivity contribution < 1.29 is 9.53 Å². The first kappa shape index (κ1) is 12.9. The standard InChI is InChI=1S/C14H13N3O2S/c1-19-11-7-8(20-2)3-4-9(11)13-16-10-5-6-15-14(18)12(10)17-13/h3-5,7H,6H2,1-2H3,(H,15,18). The zero-order valence-corrected chi connectivity index (χ0v) is 12.0. The molecule has 0 unspecified atom stereocenters. The van der Waals surface area contributed by atoms with Crippen molar-refractivity contribution >= 4 is 29.2 Å². The number of carbonyl (C=O) groups is 1. The van der Waals surface area contributed by atoms with Crippen LogP contribution in [0.4, 0.5) is 0 Å². The Bertz CT molecular complexity index is 677. The third-order valence-electron chi connectivity index (χ3n) is 3.11. The van der Waals surface area contributed by atoms with Gasteiger partial charge in [-0.15, -0.1) is 11.8 Å². The molecule has 1 aromatic rings. The number of nitrogens with one attached hydrogen (secondary N) is 1. The van der Waals surface area contributed by atoms with Crippen molar-refractivity contribution in [1.29, 1.82) is 0 Å². The van der Waals surface area contributed by atoms with Crippen LogP contribution in [0, 0.1) is 0 Å². The van der Waals surface area contributed by atoms with Gasteiger partial charge in [-0.05, 0) is 30.5 Å². The second kappa shape index (κ2) is 5.13. The molecule has 2 aliphatic rings. The van der Waals surface area contributed by atoms with Crippen LogP contribution in [-0.2, 0) is 4.79 Å². The van der Waals surface area contributed by atoms with Crippen LogP contribution in [-0.4, -0.2) is 37.4 Å². The molecule has 0 atom stereocenters. The van der Waals surface area contributed by atoms with E-state index in [1.165, 1.54) is 0 Å². The van der Waals surface area contributed by atoms with Gasteiger partial charge in [-0.1, -0.05) is 0 Å². The van der Waals surface area contributed by atoms with Gasteiger partial charge in [0.05, 0.1) is 18.4 Å². The third-order valence-corrected chi connectivity index (χ3v) is 3.83. The summed E-state index contributed by atoms with van der Waals surface area (Å²) in [4.78, 5) is 21.6. The average Bonchev–Trinajstić information content (AvgIpc) is 2.92. The molecule has 102 valence electrons. The molecule has 2 aliphatic heterocycles. The van der Waals surface area contributed by atoms with E-state index in [0.29, 0.717) is 29.5 Å². The molecule has 1 N–H and O–H groups in total. The Kier molecular flexibility index (Phi) is 3.31. The number of amides is 1. The minimum Gasteiger partial charge on any atom is -0.496 e. The lowest BCUT2D eigenvalue weighted by atomic mass is 10.2. The molecule has 0 saturated carbocycles. The number of thioether (sulfide) groups is 1. The van der Waals surface area contributed by atoms with E-state index >= 15 is 0 Å². The predicted molar refractivity (Wildman–Crippen MR) is 79.8 cm³/mol. The Hall–Kier alpha value is -2.08. The van der Waals surface area contributed by atoms with Crippen LogP contribution >= 0.6 is 11.8 Å². The number of fused-ring (bicyclic) bond motifs is 1. The highest BCUT2D eigenvalue weighted by molar-refractivity contribution is 7.98. The van der Waals surface area contributed by atoms with Crippen LogP contribution in [0.25, 0.3) is 0 Å². The first-order valence-electron chi connectivity index (χ1n) is 6.11. The molecule has 0 spiro atoms. The zero-order valence-electron chi connectivity index (χ0n) is 11.1. The number of hydrogen-bond donors (Lipinski definition) is 1. The van der Waals surface area contributed by atoms with Crippen LogP contribution in [0.3, 0.4) is 0 Å². The maximum Gasteiger partial charge on any atom is 0.272 e. The van der Waals surface area contributed by atoms with Crippen molar-refractivity contribution in [1.82, 2.24) is 5.32 Å². The summed E-state index contributed by atoms with van der Waals surface area (Å²) in [5, 5.41) is 2.72. The lowest BCUT2D eigenvalue weighted by Gasteiger charge is -2.08. The SMILES string of the molecule is COc1cc(SC)ccc1C1=NC2=CCNC(=O)C2=N1. The third kappa shape index (κ3) is 2.12. The van der Waals surface area contributed by atoms with Crippen LogP contribution in [0.5, 0.6) is 5.75 Å². The summed E-state index contributed by atoms with van der Waals surface area (Å²) in [6.07, 6.45) is 3.86. The number of ether oxygens (including phenoxy) is 1. The minimum absolute atomic E-state index is 0.180. The first-order valence-corrected chi connectivity index (χ1v) is 7.34. The molecule has 3 rings (SSSR count). The van der Waals surface area contributed by atoms with Crippen molar-refractivity contribution in [2.75, 3.05) is 19.9 Å². The van der Waals surface area contributed by atoms with Crippen LogP contribution < -0.4 is 10.1 Å². The number of benzene rings is 1. The Morgan fingerprint density at radius 3 is 2.90 bits per heavy atom. The molecule has 2 heterocycles. The number of methoxy groups -OCH3 is 1. The minimum atomic E-state index is -0.180. The smallest absolute Gasteiger partial charge is 0.272 e. The largest absolute Gasteiger partial charge is 0.496 e. The van der Waals surface area contributed by atoms with Gasteiger partial charge in [0.2, 0.25) is 0 Å². The second-order valence-corrected chi connectivity index (χ2v) is 5.14. The molecule has 0 fully saturated rings. The number of rotatable bonds is 3. The highest BCUT2D eigenvalue weighted by Gasteiger charge is 2.27. The summed E-state index contributed by atoms with van der Waals surface area (Å²) in [7, 11) is 1.62. The van der Waals surface area contributed by atoms with E-state index in [-0.39, 0.29) is 5.91 Å². The fourth-order valence-corrected chi connectivity index (χ4v) is 2.52. The van der Waals surface area contributed by atoms with Gasteiger partial charge in [0.1, 0.15) is 5.75 Å². The van der Waals surface area contributed by atoms with Gasteiger partial charge in [-0.25, -0.2) is 9.98 Å².